The molecule has 0 aliphatic carbocycles. The Hall–Kier alpha value is -3.06. The van der Waals surface area contributed by atoms with Gasteiger partial charge < -0.3 is 10.2 Å². The summed E-state index contributed by atoms with van der Waals surface area (Å²) in [4.78, 5) is 32.6. The minimum atomic E-state index is -0.377. The van der Waals surface area contributed by atoms with Crippen molar-refractivity contribution < 1.29 is 14.0 Å². The lowest BCUT2D eigenvalue weighted by molar-refractivity contribution is -0.121. The molecule has 2 aromatic carbocycles. The maximum atomic E-state index is 13.1. The molecule has 1 aliphatic heterocycles. The van der Waals surface area contributed by atoms with E-state index in [1.807, 2.05) is 0 Å². The topological polar surface area (TPSA) is 62.3 Å². The molecule has 1 N–H and O–H groups in total. The van der Waals surface area contributed by atoms with Gasteiger partial charge in [-0.2, -0.15) is 0 Å². The number of thiazole rings is 1. The van der Waals surface area contributed by atoms with Crippen LogP contribution in [-0.4, -0.2) is 34.8 Å². The number of amides is 2. The van der Waals surface area contributed by atoms with Gasteiger partial charge in [0.15, 0.2) is 5.13 Å². The Bertz CT molecular complexity index is 1060. The molecular weight excluding hydrogens is 413 g/mol. The van der Waals surface area contributed by atoms with Gasteiger partial charge in [0.2, 0.25) is 5.91 Å². The van der Waals surface area contributed by atoms with Crippen LogP contribution in [0.2, 0.25) is 0 Å². The summed E-state index contributed by atoms with van der Waals surface area (Å²) in [6.07, 6.45) is 4.05. The summed E-state index contributed by atoms with van der Waals surface area (Å²) in [5, 5.41) is 3.49. The van der Waals surface area contributed by atoms with Gasteiger partial charge in [0, 0.05) is 36.1 Å². The summed E-state index contributed by atoms with van der Waals surface area (Å²) in [5.74, 6) is -0.958. The van der Waals surface area contributed by atoms with Crippen LogP contribution in [0.25, 0.3) is 0 Å². The number of nitrogens with one attached hydrogen (secondary N) is 1. The maximum absolute atomic E-state index is 13.1. The van der Waals surface area contributed by atoms with Crippen molar-refractivity contribution in [3.05, 3.63) is 82.1 Å². The summed E-state index contributed by atoms with van der Waals surface area (Å²) in [6.45, 7) is 3.01. The first kappa shape index (κ1) is 21.2. The Kier molecular flexibility index (Phi) is 6.42. The number of carbonyl (C=O) groups excluding carboxylic acids is 2. The molecule has 0 saturated carbocycles. The number of nitrogens with zero attached hydrogens (tertiary/aromatic N) is 2. The number of hydrogen-bond donors (Lipinski definition) is 1. The molecule has 2 heterocycles. The van der Waals surface area contributed by atoms with E-state index in [1.165, 1.54) is 46.7 Å². The van der Waals surface area contributed by atoms with E-state index in [0.717, 1.165) is 24.1 Å². The highest BCUT2D eigenvalue weighted by Crippen LogP contribution is 2.24. The molecule has 0 bridgehead atoms. The Morgan fingerprint density at radius 2 is 1.90 bits per heavy atom. The molecule has 1 atom stereocenters. The van der Waals surface area contributed by atoms with E-state index in [-0.39, 0.29) is 23.5 Å². The van der Waals surface area contributed by atoms with Crippen LogP contribution in [-0.2, 0) is 11.2 Å². The van der Waals surface area contributed by atoms with Crippen molar-refractivity contribution in [3.8, 4) is 0 Å². The fourth-order valence-electron chi connectivity index (χ4n) is 3.71. The van der Waals surface area contributed by atoms with Gasteiger partial charge in [-0.05, 0) is 49.6 Å². The summed E-state index contributed by atoms with van der Waals surface area (Å²) in [5.41, 5.74) is 2.86. The number of aryl methyl sites for hydroxylation is 1. The number of aromatic nitrogens is 1. The van der Waals surface area contributed by atoms with Crippen LogP contribution in [0.1, 0.15) is 39.2 Å². The standard InChI is InChI=1S/C24H24FN3O2S/c1-16-4-6-17(7-5-16)13-21-14-26-24(31-21)27-22(29)19-3-2-12-28(15-19)23(30)18-8-10-20(25)11-9-18/h4-11,14,19H,2-3,12-13,15H2,1H3,(H,26,27,29). The molecular formula is C24H24FN3O2S. The quantitative estimate of drug-likeness (QED) is 0.631. The highest BCUT2D eigenvalue weighted by molar-refractivity contribution is 7.15. The molecule has 1 fully saturated rings. The van der Waals surface area contributed by atoms with Gasteiger partial charge >= 0.3 is 0 Å². The van der Waals surface area contributed by atoms with Gasteiger partial charge in [-0.3, -0.25) is 9.59 Å². The van der Waals surface area contributed by atoms with E-state index < -0.39 is 0 Å². The van der Waals surface area contributed by atoms with Crippen molar-refractivity contribution >= 4 is 28.3 Å². The Morgan fingerprint density at radius 1 is 1.16 bits per heavy atom. The minimum Gasteiger partial charge on any atom is -0.338 e. The molecule has 31 heavy (non-hydrogen) atoms. The average Bonchev–Trinajstić information content (AvgIpc) is 3.22. The zero-order chi connectivity index (χ0) is 21.8. The van der Waals surface area contributed by atoms with Crippen molar-refractivity contribution in [2.24, 2.45) is 5.92 Å². The lowest BCUT2D eigenvalue weighted by Crippen LogP contribution is -2.43. The average molecular weight is 438 g/mol. The van der Waals surface area contributed by atoms with Crippen LogP contribution < -0.4 is 5.32 Å². The maximum Gasteiger partial charge on any atom is 0.253 e. The molecule has 1 aliphatic rings. The van der Waals surface area contributed by atoms with Gasteiger partial charge in [-0.15, -0.1) is 11.3 Å². The van der Waals surface area contributed by atoms with E-state index in [4.69, 9.17) is 0 Å². The number of carbonyl (C=O) groups is 2. The number of anilines is 1. The molecule has 1 aromatic heterocycles. The summed E-state index contributed by atoms with van der Waals surface area (Å²) >= 11 is 1.47. The van der Waals surface area contributed by atoms with Crippen LogP contribution in [0.4, 0.5) is 9.52 Å². The molecule has 7 heteroatoms. The van der Waals surface area contributed by atoms with Crippen LogP contribution in [0, 0.1) is 18.7 Å². The predicted molar refractivity (Wildman–Crippen MR) is 120 cm³/mol. The zero-order valence-corrected chi connectivity index (χ0v) is 18.1. The lowest BCUT2D eigenvalue weighted by atomic mass is 9.96. The van der Waals surface area contributed by atoms with Crippen LogP contribution in [0.3, 0.4) is 0 Å². The Labute approximate surface area is 184 Å². The molecule has 4 rings (SSSR count). The third-order valence-corrected chi connectivity index (χ3v) is 6.37. The van der Waals surface area contributed by atoms with Crippen molar-refractivity contribution in [3.63, 3.8) is 0 Å². The van der Waals surface area contributed by atoms with Crippen LogP contribution in [0.5, 0.6) is 0 Å². The van der Waals surface area contributed by atoms with Crippen LogP contribution in [0.15, 0.2) is 54.7 Å². The number of halogens is 1. The van der Waals surface area contributed by atoms with E-state index in [0.29, 0.717) is 23.8 Å². The number of rotatable bonds is 5. The highest BCUT2D eigenvalue weighted by Gasteiger charge is 2.29. The first-order valence-corrected chi connectivity index (χ1v) is 11.2. The second-order valence-electron chi connectivity index (χ2n) is 7.88. The second-order valence-corrected chi connectivity index (χ2v) is 9.00. The number of piperidine rings is 1. The van der Waals surface area contributed by atoms with E-state index in [2.05, 4.69) is 41.5 Å². The molecule has 3 aromatic rings. The molecule has 5 nitrogen and oxygen atoms in total. The van der Waals surface area contributed by atoms with Crippen molar-refractivity contribution in [2.75, 3.05) is 18.4 Å². The van der Waals surface area contributed by atoms with Crippen molar-refractivity contribution in [2.45, 2.75) is 26.2 Å². The monoisotopic (exact) mass is 437 g/mol. The Balaban J connectivity index is 1.35. The normalized spacial score (nSPS) is 16.2. The Morgan fingerprint density at radius 3 is 2.65 bits per heavy atom. The molecule has 0 radical (unpaired) electrons. The zero-order valence-electron chi connectivity index (χ0n) is 17.3. The minimum absolute atomic E-state index is 0.118. The summed E-state index contributed by atoms with van der Waals surface area (Å²) in [7, 11) is 0. The SMILES string of the molecule is Cc1ccc(Cc2cnc(NC(=O)C3CCCN(C(=O)c4ccc(F)cc4)C3)s2)cc1. The highest BCUT2D eigenvalue weighted by atomic mass is 32.1. The summed E-state index contributed by atoms with van der Waals surface area (Å²) in [6, 6.07) is 13.9. The van der Waals surface area contributed by atoms with Crippen molar-refractivity contribution in [1.82, 2.24) is 9.88 Å². The van der Waals surface area contributed by atoms with E-state index >= 15 is 0 Å². The number of benzene rings is 2. The van der Waals surface area contributed by atoms with Crippen molar-refractivity contribution in [1.29, 1.82) is 0 Å². The van der Waals surface area contributed by atoms with Gasteiger partial charge in [0.1, 0.15) is 5.82 Å². The third-order valence-electron chi connectivity index (χ3n) is 5.45. The predicted octanol–water partition coefficient (Wildman–Crippen LogP) is 4.67. The summed E-state index contributed by atoms with van der Waals surface area (Å²) < 4.78 is 13.1. The molecule has 160 valence electrons. The van der Waals surface area contributed by atoms with E-state index in [1.54, 1.807) is 11.1 Å². The fraction of sp³-hybridized carbons (Fsp3) is 0.292. The number of hydrogen-bond acceptors (Lipinski definition) is 4. The first-order valence-electron chi connectivity index (χ1n) is 10.3. The molecule has 0 spiro atoms. The number of likely N-dealkylation sites (tertiary alicyclic amines) is 1. The lowest BCUT2D eigenvalue weighted by Gasteiger charge is -2.32. The van der Waals surface area contributed by atoms with E-state index in [9.17, 15) is 14.0 Å². The van der Waals surface area contributed by atoms with Gasteiger partial charge in [-0.25, -0.2) is 9.37 Å². The largest absolute Gasteiger partial charge is 0.338 e. The molecule has 1 unspecified atom stereocenters. The van der Waals surface area contributed by atoms with Gasteiger partial charge in [0.05, 0.1) is 5.92 Å². The smallest absolute Gasteiger partial charge is 0.253 e. The van der Waals surface area contributed by atoms with Gasteiger partial charge in [0.25, 0.3) is 5.91 Å². The second kappa shape index (κ2) is 9.39. The van der Waals surface area contributed by atoms with Crippen LogP contribution >= 0.6 is 11.3 Å². The van der Waals surface area contributed by atoms with Gasteiger partial charge in [-0.1, -0.05) is 29.8 Å². The first-order chi connectivity index (χ1) is 15.0. The molecule has 1 saturated heterocycles. The fourth-order valence-corrected chi connectivity index (χ4v) is 4.56. The third kappa shape index (κ3) is 5.35. The molecule has 2 amide bonds.